The molecule has 7 nitrogen and oxygen atoms in total. The van der Waals surface area contributed by atoms with E-state index in [9.17, 15) is 9.50 Å². The summed E-state index contributed by atoms with van der Waals surface area (Å²) in [4.78, 5) is 18.4. The first-order chi connectivity index (χ1) is 16.4. The van der Waals surface area contributed by atoms with Crippen molar-refractivity contribution < 1.29 is 13.9 Å². The highest BCUT2D eigenvalue weighted by Gasteiger charge is 2.21. The van der Waals surface area contributed by atoms with Crippen LogP contribution in [0, 0.1) is 25.5 Å². The highest BCUT2D eigenvalue weighted by atomic mass is 19.1. The molecule has 0 saturated heterocycles. The first-order valence-electron chi connectivity index (χ1n) is 10.6. The number of aliphatic hydroxyl groups excluding tert-OH is 1. The molecule has 5 aromatic rings. The first kappa shape index (κ1) is 21.7. The summed E-state index contributed by atoms with van der Waals surface area (Å²) in [5, 5.41) is 13.7. The van der Waals surface area contributed by atoms with E-state index in [0.717, 1.165) is 17.2 Å². The van der Waals surface area contributed by atoms with Crippen LogP contribution >= 0.6 is 0 Å². The van der Waals surface area contributed by atoms with Gasteiger partial charge in [-0.3, -0.25) is 4.68 Å². The minimum atomic E-state index is -0.891. The van der Waals surface area contributed by atoms with Crippen molar-refractivity contribution in [3.05, 3.63) is 77.4 Å². The molecule has 0 aliphatic heterocycles. The van der Waals surface area contributed by atoms with E-state index in [-0.39, 0.29) is 11.3 Å². The molecular weight excluding hydrogens is 438 g/mol. The van der Waals surface area contributed by atoms with Crippen LogP contribution in [0.3, 0.4) is 0 Å². The number of rotatable bonds is 4. The highest BCUT2D eigenvalue weighted by Crippen LogP contribution is 2.32. The summed E-state index contributed by atoms with van der Waals surface area (Å²) in [5.74, 6) is -1.40. The smallest absolute Gasteiger partial charge is 0.182 e. The van der Waals surface area contributed by atoms with Gasteiger partial charge in [0.25, 0.3) is 0 Å². The summed E-state index contributed by atoms with van der Waals surface area (Å²) in [7, 11) is 1.84. The van der Waals surface area contributed by atoms with Gasteiger partial charge in [0.15, 0.2) is 11.5 Å². The van der Waals surface area contributed by atoms with E-state index in [1.165, 1.54) is 6.07 Å². The van der Waals surface area contributed by atoms with Crippen molar-refractivity contribution in [1.82, 2.24) is 29.7 Å². The minimum absolute atomic E-state index is 0.0140. The second-order valence-corrected chi connectivity index (χ2v) is 7.99. The van der Waals surface area contributed by atoms with Crippen LogP contribution in [0.25, 0.3) is 44.9 Å². The third-order valence-corrected chi connectivity index (χ3v) is 5.70. The maximum Gasteiger partial charge on any atom is 0.182 e. The number of halogens is 2. The summed E-state index contributed by atoms with van der Waals surface area (Å²) in [6.07, 6.45) is 3.65. The third-order valence-electron chi connectivity index (χ3n) is 5.70. The van der Waals surface area contributed by atoms with Crippen LogP contribution < -0.4 is 0 Å². The van der Waals surface area contributed by atoms with E-state index >= 15 is 4.39 Å². The highest BCUT2D eigenvalue weighted by molar-refractivity contribution is 5.89. The average molecular weight is 458 g/mol. The largest absolute Gasteiger partial charge is 0.391 e. The molecule has 1 N–H and O–H groups in total. The lowest BCUT2D eigenvalue weighted by Crippen LogP contribution is -2.04. The van der Waals surface area contributed by atoms with Gasteiger partial charge in [0.2, 0.25) is 0 Å². The van der Waals surface area contributed by atoms with Gasteiger partial charge >= 0.3 is 0 Å². The van der Waals surface area contributed by atoms with Crippen LogP contribution in [0.2, 0.25) is 0 Å². The fraction of sp³-hybridized carbons (Fsp3) is 0.160. The van der Waals surface area contributed by atoms with Gasteiger partial charge in [0.1, 0.15) is 22.8 Å². The molecule has 0 radical (unpaired) electrons. The van der Waals surface area contributed by atoms with Crippen LogP contribution in [0.1, 0.15) is 17.0 Å². The quantitative estimate of drug-likeness (QED) is 0.425. The van der Waals surface area contributed by atoms with E-state index < -0.39 is 23.8 Å². The van der Waals surface area contributed by atoms with Crippen molar-refractivity contribution in [2.24, 2.45) is 7.05 Å². The molecule has 0 aliphatic rings. The number of hydrogen-bond donors (Lipinski definition) is 1. The monoisotopic (exact) mass is 458 g/mol. The molecule has 0 amide bonds. The molecule has 5 rings (SSSR count). The Kier molecular flexibility index (Phi) is 5.33. The van der Waals surface area contributed by atoms with Crippen LogP contribution in [0.5, 0.6) is 0 Å². The summed E-state index contributed by atoms with van der Waals surface area (Å²) >= 11 is 0. The SMILES string of the molecule is Cc1nc2nc(-c3cccc(-c4cnn(C)c4)c3)nc(-c3ccc(F)c(CO)c3F)c2nc1C. The van der Waals surface area contributed by atoms with Gasteiger partial charge in [-0.25, -0.2) is 28.7 Å². The molecule has 0 fully saturated rings. The molecule has 0 saturated carbocycles. The summed E-state index contributed by atoms with van der Waals surface area (Å²) in [6.45, 7) is 2.82. The second-order valence-electron chi connectivity index (χ2n) is 7.99. The zero-order valence-electron chi connectivity index (χ0n) is 18.7. The second kappa shape index (κ2) is 8.35. The summed E-state index contributed by atoms with van der Waals surface area (Å²) in [5.41, 5.74) is 4.21. The van der Waals surface area contributed by atoms with Crippen LogP contribution in [0.15, 0.2) is 48.8 Å². The number of hydrogen-bond acceptors (Lipinski definition) is 6. The Morgan fingerprint density at radius 2 is 1.68 bits per heavy atom. The Balaban J connectivity index is 1.77. The van der Waals surface area contributed by atoms with Crippen molar-refractivity contribution in [3.8, 4) is 33.8 Å². The van der Waals surface area contributed by atoms with Gasteiger partial charge in [-0.1, -0.05) is 18.2 Å². The molecule has 0 spiro atoms. The minimum Gasteiger partial charge on any atom is -0.391 e. The van der Waals surface area contributed by atoms with Crippen molar-refractivity contribution in [2.45, 2.75) is 20.5 Å². The van der Waals surface area contributed by atoms with Crippen molar-refractivity contribution >= 4 is 11.2 Å². The van der Waals surface area contributed by atoms with E-state index in [1.54, 1.807) is 17.8 Å². The molecule has 0 unspecified atom stereocenters. The Hall–Kier alpha value is -4.11. The molecule has 0 atom stereocenters. The predicted molar refractivity (Wildman–Crippen MR) is 124 cm³/mol. The molecular formula is C25H20F2N6O. The molecule has 3 heterocycles. The maximum absolute atomic E-state index is 15.2. The van der Waals surface area contributed by atoms with Crippen molar-refractivity contribution in [1.29, 1.82) is 0 Å². The number of aliphatic hydroxyl groups is 1. The van der Waals surface area contributed by atoms with E-state index in [2.05, 4.69) is 25.0 Å². The van der Waals surface area contributed by atoms with E-state index in [1.807, 2.05) is 44.4 Å². The van der Waals surface area contributed by atoms with Crippen LogP contribution in [-0.2, 0) is 13.7 Å². The summed E-state index contributed by atoms with van der Waals surface area (Å²) < 4.78 is 31.0. The van der Waals surface area contributed by atoms with Crippen LogP contribution in [0.4, 0.5) is 8.78 Å². The Morgan fingerprint density at radius 1 is 0.912 bits per heavy atom. The molecule has 3 aromatic heterocycles. The summed E-state index contributed by atoms with van der Waals surface area (Å²) in [6, 6.07) is 9.98. The molecule has 2 aromatic carbocycles. The lowest BCUT2D eigenvalue weighted by molar-refractivity contribution is 0.269. The van der Waals surface area contributed by atoms with Gasteiger partial charge in [0, 0.05) is 35.5 Å². The van der Waals surface area contributed by atoms with Gasteiger partial charge in [-0.15, -0.1) is 0 Å². The number of aromatic nitrogens is 6. The number of aryl methyl sites for hydroxylation is 3. The maximum atomic E-state index is 15.2. The zero-order valence-corrected chi connectivity index (χ0v) is 18.7. The third kappa shape index (κ3) is 3.69. The standard InChI is InChI=1S/C25H20F2N6O/c1-13-14(2)30-25-23(29-13)22(18-7-8-20(26)19(12-34)21(18)27)31-24(32-25)16-6-4-5-15(9-16)17-10-28-33(3)11-17/h4-11,34H,12H2,1-3H3. The van der Waals surface area contributed by atoms with Gasteiger partial charge < -0.3 is 5.11 Å². The number of nitrogens with zero attached hydrogens (tertiary/aromatic N) is 6. The first-order valence-corrected chi connectivity index (χ1v) is 10.6. The zero-order chi connectivity index (χ0) is 24.0. The molecule has 0 bridgehead atoms. The molecule has 34 heavy (non-hydrogen) atoms. The Labute approximate surface area is 193 Å². The van der Waals surface area contributed by atoms with E-state index in [0.29, 0.717) is 33.9 Å². The molecule has 170 valence electrons. The Morgan fingerprint density at radius 3 is 2.41 bits per heavy atom. The van der Waals surface area contributed by atoms with E-state index in [4.69, 9.17) is 0 Å². The van der Waals surface area contributed by atoms with Gasteiger partial charge in [-0.2, -0.15) is 5.10 Å². The lowest BCUT2D eigenvalue weighted by atomic mass is 10.0. The van der Waals surface area contributed by atoms with Gasteiger partial charge in [0.05, 0.1) is 24.2 Å². The topological polar surface area (TPSA) is 89.6 Å². The number of fused-ring (bicyclic) bond motifs is 1. The van der Waals surface area contributed by atoms with Gasteiger partial charge in [-0.05, 0) is 37.6 Å². The van der Waals surface area contributed by atoms with Crippen LogP contribution in [-0.4, -0.2) is 34.8 Å². The molecule has 9 heteroatoms. The Bertz CT molecular complexity index is 1560. The normalized spacial score (nSPS) is 11.4. The number of benzene rings is 2. The lowest BCUT2D eigenvalue weighted by Gasteiger charge is -2.12. The van der Waals surface area contributed by atoms with Crippen molar-refractivity contribution in [2.75, 3.05) is 0 Å². The van der Waals surface area contributed by atoms with Crippen molar-refractivity contribution in [3.63, 3.8) is 0 Å². The average Bonchev–Trinajstić information content (AvgIpc) is 3.26. The predicted octanol–water partition coefficient (Wildman–Crippen LogP) is 4.54. The molecule has 0 aliphatic carbocycles. The fourth-order valence-electron chi connectivity index (χ4n) is 3.76. The fourth-order valence-corrected chi connectivity index (χ4v) is 3.76.